The molecular formula is C13H25N3O3. The third-order valence-corrected chi connectivity index (χ3v) is 2.68. The molecule has 0 spiro atoms. The van der Waals surface area contributed by atoms with E-state index in [0.717, 1.165) is 39.3 Å². The summed E-state index contributed by atoms with van der Waals surface area (Å²) in [5.74, 6) is 0. The van der Waals surface area contributed by atoms with E-state index in [2.05, 4.69) is 10.4 Å². The molecule has 0 aliphatic heterocycles. The van der Waals surface area contributed by atoms with Gasteiger partial charge in [0.1, 0.15) is 0 Å². The average molecular weight is 271 g/mol. The molecular weight excluding hydrogens is 246 g/mol. The summed E-state index contributed by atoms with van der Waals surface area (Å²) in [5, 5.41) is 7.63. The maximum atomic E-state index is 5.43. The first kappa shape index (κ1) is 16.1. The molecule has 0 atom stereocenters. The summed E-state index contributed by atoms with van der Waals surface area (Å²) < 4.78 is 17.3. The van der Waals surface area contributed by atoms with Crippen molar-refractivity contribution < 1.29 is 14.2 Å². The molecule has 1 N–H and O–H groups in total. The Morgan fingerprint density at radius 3 is 2.79 bits per heavy atom. The fourth-order valence-corrected chi connectivity index (χ4v) is 1.66. The molecule has 0 aromatic carbocycles. The second-order valence-electron chi connectivity index (χ2n) is 4.17. The van der Waals surface area contributed by atoms with Gasteiger partial charge in [0.15, 0.2) is 0 Å². The highest BCUT2D eigenvalue weighted by Crippen LogP contribution is 2.00. The monoisotopic (exact) mass is 271 g/mol. The summed E-state index contributed by atoms with van der Waals surface area (Å²) in [6, 6.07) is 2.03. The van der Waals surface area contributed by atoms with E-state index in [1.807, 2.05) is 16.9 Å². The Kier molecular flexibility index (Phi) is 9.26. The molecule has 19 heavy (non-hydrogen) atoms. The fraction of sp³-hybridized carbons (Fsp3) is 0.769. The number of nitrogens with zero attached hydrogens (tertiary/aromatic N) is 2. The van der Waals surface area contributed by atoms with Gasteiger partial charge in [-0.3, -0.25) is 4.68 Å². The van der Waals surface area contributed by atoms with E-state index < -0.39 is 0 Å². The summed E-state index contributed by atoms with van der Waals surface area (Å²) in [6.07, 6.45) is 2.79. The molecule has 6 heteroatoms. The van der Waals surface area contributed by atoms with Crippen molar-refractivity contribution in [2.45, 2.75) is 19.5 Å². The quantitative estimate of drug-likeness (QED) is 0.566. The van der Waals surface area contributed by atoms with Crippen LogP contribution in [-0.4, -0.2) is 57.0 Å². The normalized spacial score (nSPS) is 11.1. The summed E-state index contributed by atoms with van der Waals surface area (Å²) in [4.78, 5) is 0. The van der Waals surface area contributed by atoms with Crippen molar-refractivity contribution in [3.8, 4) is 0 Å². The number of rotatable bonds is 12. The maximum absolute atomic E-state index is 5.43. The van der Waals surface area contributed by atoms with Crippen molar-refractivity contribution in [3.63, 3.8) is 0 Å². The lowest BCUT2D eigenvalue weighted by molar-refractivity contribution is 0.0676. The minimum Gasteiger partial charge on any atom is -0.383 e. The van der Waals surface area contributed by atoms with Crippen LogP contribution in [0.4, 0.5) is 0 Å². The topological polar surface area (TPSA) is 57.5 Å². The van der Waals surface area contributed by atoms with E-state index in [1.165, 1.54) is 5.69 Å². The predicted molar refractivity (Wildman–Crippen MR) is 73.1 cm³/mol. The van der Waals surface area contributed by atoms with Gasteiger partial charge in [0.05, 0.1) is 25.5 Å². The summed E-state index contributed by atoms with van der Waals surface area (Å²) >= 11 is 0. The maximum Gasteiger partial charge on any atom is 0.0700 e. The van der Waals surface area contributed by atoms with E-state index in [0.29, 0.717) is 13.2 Å². The lowest BCUT2D eigenvalue weighted by Gasteiger charge is -2.09. The van der Waals surface area contributed by atoms with Crippen LogP contribution in [0.5, 0.6) is 0 Å². The van der Waals surface area contributed by atoms with Crippen molar-refractivity contribution in [1.29, 1.82) is 0 Å². The van der Waals surface area contributed by atoms with Crippen LogP contribution in [-0.2, 0) is 27.3 Å². The number of nitrogens with one attached hydrogen (secondary N) is 1. The number of hydrogen-bond acceptors (Lipinski definition) is 5. The van der Waals surface area contributed by atoms with Crippen molar-refractivity contribution >= 4 is 0 Å². The molecule has 0 fully saturated rings. The molecule has 0 radical (unpaired) electrons. The molecule has 1 aromatic rings. The molecule has 6 nitrogen and oxygen atoms in total. The Balaban J connectivity index is 2.13. The van der Waals surface area contributed by atoms with Crippen LogP contribution >= 0.6 is 0 Å². The first-order valence-corrected chi connectivity index (χ1v) is 6.65. The zero-order valence-corrected chi connectivity index (χ0v) is 11.9. The molecule has 0 aliphatic rings. The van der Waals surface area contributed by atoms with E-state index in [9.17, 15) is 0 Å². The SMILES string of the molecule is COCCNCc1ccnn1CCCOCCOC. The van der Waals surface area contributed by atoms with Gasteiger partial charge in [0.25, 0.3) is 0 Å². The molecule has 110 valence electrons. The zero-order valence-electron chi connectivity index (χ0n) is 11.9. The van der Waals surface area contributed by atoms with Gasteiger partial charge in [0.2, 0.25) is 0 Å². The summed E-state index contributed by atoms with van der Waals surface area (Å²) in [6.45, 7) is 5.30. The first-order valence-electron chi connectivity index (χ1n) is 6.65. The van der Waals surface area contributed by atoms with Gasteiger partial charge in [0, 0.05) is 46.7 Å². The van der Waals surface area contributed by atoms with E-state index >= 15 is 0 Å². The van der Waals surface area contributed by atoms with Gasteiger partial charge in [-0.15, -0.1) is 0 Å². The molecule has 0 aliphatic carbocycles. The van der Waals surface area contributed by atoms with Gasteiger partial charge in [-0.1, -0.05) is 0 Å². The van der Waals surface area contributed by atoms with Crippen LogP contribution in [0.1, 0.15) is 12.1 Å². The minimum atomic E-state index is 0.649. The fourth-order valence-electron chi connectivity index (χ4n) is 1.66. The smallest absolute Gasteiger partial charge is 0.0700 e. The number of hydrogen-bond donors (Lipinski definition) is 1. The van der Waals surface area contributed by atoms with Crippen LogP contribution in [0, 0.1) is 0 Å². The van der Waals surface area contributed by atoms with Crippen LogP contribution in [0.2, 0.25) is 0 Å². The number of methoxy groups -OCH3 is 2. The number of ether oxygens (including phenoxy) is 3. The third-order valence-electron chi connectivity index (χ3n) is 2.68. The Hall–Kier alpha value is -0.950. The molecule has 0 saturated heterocycles. The summed E-state index contributed by atoms with van der Waals surface area (Å²) in [7, 11) is 3.38. The van der Waals surface area contributed by atoms with E-state index in [4.69, 9.17) is 14.2 Å². The van der Waals surface area contributed by atoms with Crippen molar-refractivity contribution in [2.75, 3.05) is 47.2 Å². The van der Waals surface area contributed by atoms with Gasteiger partial charge in [-0.2, -0.15) is 5.10 Å². The van der Waals surface area contributed by atoms with Crippen LogP contribution in [0.25, 0.3) is 0 Å². The van der Waals surface area contributed by atoms with Crippen LogP contribution < -0.4 is 5.32 Å². The van der Waals surface area contributed by atoms with Crippen LogP contribution in [0.3, 0.4) is 0 Å². The second kappa shape index (κ2) is 10.9. The van der Waals surface area contributed by atoms with Crippen molar-refractivity contribution in [3.05, 3.63) is 18.0 Å². The first-order chi connectivity index (χ1) is 9.38. The van der Waals surface area contributed by atoms with Gasteiger partial charge < -0.3 is 19.5 Å². The van der Waals surface area contributed by atoms with Crippen molar-refractivity contribution in [1.82, 2.24) is 15.1 Å². The molecule has 1 heterocycles. The number of aromatic nitrogens is 2. The Morgan fingerprint density at radius 1 is 1.16 bits per heavy atom. The molecule has 0 unspecified atom stereocenters. The van der Waals surface area contributed by atoms with Gasteiger partial charge in [-0.05, 0) is 12.5 Å². The standard InChI is InChI=1S/C13H25N3O3/c1-17-9-6-14-12-13-4-5-15-16(13)7-3-8-19-11-10-18-2/h4-5,14H,3,6-12H2,1-2H3. The van der Waals surface area contributed by atoms with E-state index in [1.54, 1.807) is 14.2 Å². The number of aryl methyl sites for hydroxylation is 1. The van der Waals surface area contributed by atoms with E-state index in [-0.39, 0.29) is 0 Å². The molecule has 0 bridgehead atoms. The molecule has 1 rings (SSSR count). The highest BCUT2D eigenvalue weighted by Gasteiger charge is 2.01. The molecule has 0 saturated carbocycles. The van der Waals surface area contributed by atoms with Gasteiger partial charge >= 0.3 is 0 Å². The third kappa shape index (κ3) is 7.27. The molecule has 1 aromatic heterocycles. The average Bonchev–Trinajstić information content (AvgIpc) is 2.86. The lowest BCUT2D eigenvalue weighted by Crippen LogP contribution is -2.21. The zero-order chi connectivity index (χ0) is 13.8. The second-order valence-corrected chi connectivity index (χ2v) is 4.17. The Morgan fingerprint density at radius 2 is 2.00 bits per heavy atom. The lowest BCUT2D eigenvalue weighted by atomic mass is 10.4. The van der Waals surface area contributed by atoms with Crippen molar-refractivity contribution in [2.24, 2.45) is 0 Å². The molecule has 0 amide bonds. The highest BCUT2D eigenvalue weighted by molar-refractivity contribution is 4.99. The summed E-state index contributed by atoms with van der Waals surface area (Å²) in [5.41, 5.74) is 1.19. The highest BCUT2D eigenvalue weighted by atomic mass is 16.5. The Labute approximate surface area is 115 Å². The van der Waals surface area contributed by atoms with Gasteiger partial charge in [-0.25, -0.2) is 0 Å². The largest absolute Gasteiger partial charge is 0.383 e. The predicted octanol–water partition coefficient (Wildman–Crippen LogP) is 0.672. The van der Waals surface area contributed by atoms with Crippen LogP contribution in [0.15, 0.2) is 12.3 Å². The Bertz CT molecular complexity index is 318. The minimum absolute atomic E-state index is 0.649.